The molecule has 2 aliphatic rings. The summed E-state index contributed by atoms with van der Waals surface area (Å²) in [5.41, 5.74) is 4.16. The van der Waals surface area contributed by atoms with Crippen LogP contribution in [0.4, 0.5) is 0 Å². The maximum Gasteiger partial charge on any atom is 0.0791 e. The number of aliphatic imine (C=N–C) groups is 1. The zero-order valence-electron chi connectivity index (χ0n) is 8.05. The largest absolute Gasteiger partial charge is 0.248 e. The van der Waals surface area contributed by atoms with Crippen LogP contribution in [0.1, 0.15) is 0 Å². The molecule has 0 aromatic heterocycles. The normalized spacial score (nSPS) is 17.3. The molecule has 1 aromatic rings. The van der Waals surface area contributed by atoms with Gasteiger partial charge in [-0.1, -0.05) is 54.3 Å². The number of allylic oxidation sites excluding steroid dienone is 1. The van der Waals surface area contributed by atoms with E-state index in [2.05, 4.69) is 52.9 Å². The fourth-order valence-corrected chi connectivity index (χ4v) is 2.34. The van der Waals surface area contributed by atoms with Crippen LogP contribution in [0.25, 0.3) is 11.8 Å². The number of hydrogen-bond acceptors (Lipinski definition) is 2. The number of hydrogen-bond donors (Lipinski definition) is 0. The Morgan fingerprint density at radius 2 is 2.07 bits per heavy atom. The van der Waals surface area contributed by atoms with Crippen molar-refractivity contribution >= 4 is 29.1 Å². The highest BCUT2D eigenvalue weighted by atomic mass is 32.2. The van der Waals surface area contributed by atoms with E-state index in [1.807, 2.05) is 5.55 Å². The molecule has 0 saturated carbocycles. The number of rotatable bonds is 0. The van der Waals surface area contributed by atoms with Crippen molar-refractivity contribution in [2.75, 3.05) is 0 Å². The minimum atomic E-state index is 1.08. The summed E-state index contributed by atoms with van der Waals surface area (Å²) in [5, 5.41) is 4.58. The molecule has 0 N–H and O–H groups in total. The molecule has 3 rings (SSSR count). The highest BCUT2D eigenvalue weighted by Crippen LogP contribution is 2.22. The Labute approximate surface area is 92.2 Å². The van der Waals surface area contributed by atoms with E-state index >= 15 is 0 Å². The minimum absolute atomic E-state index is 1.08. The molecule has 0 radical (unpaired) electrons. The van der Waals surface area contributed by atoms with Crippen molar-refractivity contribution in [1.82, 2.24) is 0 Å². The molecule has 1 aromatic carbocycles. The van der Waals surface area contributed by atoms with Gasteiger partial charge in [-0.2, -0.15) is 0 Å². The highest BCUT2D eigenvalue weighted by Gasteiger charge is 2.07. The Morgan fingerprint density at radius 3 is 3.07 bits per heavy atom. The molecule has 1 aliphatic heterocycles. The van der Waals surface area contributed by atoms with E-state index < -0.39 is 0 Å². The quantitative estimate of drug-likeness (QED) is 0.637. The third kappa shape index (κ3) is 1.47. The average molecular weight is 211 g/mol. The van der Waals surface area contributed by atoms with Crippen molar-refractivity contribution in [2.24, 2.45) is 4.99 Å². The van der Waals surface area contributed by atoms with E-state index in [9.17, 15) is 0 Å². The molecule has 0 atom stereocenters. The van der Waals surface area contributed by atoms with Crippen LogP contribution in [0.5, 0.6) is 0 Å². The van der Waals surface area contributed by atoms with Gasteiger partial charge >= 0.3 is 0 Å². The van der Waals surface area contributed by atoms with Gasteiger partial charge in [0.2, 0.25) is 0 Å². The molecule has 0 bridgehead atoms. The standard InChI is InChI=1S/C13H9NS/c1-2-7-12-10(4-1)5-3-6-11-8-15-9-14-13(11)12/h1-9H. The van der Waals surface area contributed by atoms with Crippen molar-refractivity contribution < 1.29 is 0 Å². The number of nitrogens with zero attached hydrogens (tertiary/aromatic N) is 1. The summed E-state index contributed by atoms with van der Waals surface area (Å²) >= 11 is 1.62. The third-order valence-electron chi connectivity index (χ3n) is 2.48. The lowest BCUT2D eigenvalue weighted by Crippen LogP contribution is -2.25. The molecule has 1 heterocycles. The van der Waals surface area contributed by atoms with Crippen molar-refractivity contribution in [3.63, 3.8) is 0 Å². The Kier molecular flexibility index (Phi) is 2.07. The van der Waals surface area contributed by atoms with Crippen molar-refractivity contribution in [3.05, 3.63) is 57.8 Å². The molecular formula is C13H9NS. The number of benzene rings is 1. The smallest absolute Gasteiger partial charge is 0.0791 e. The first-order valence-corrected chi connectivity index (χ1v) is 5.76. The van der Waals surface area contributed by atoms with Gasteiger partial charge in [-0.15, -0.1) is 0 Å². The van der Waals surface area contributed by atoms with Gasteiger partial charge in [-0.05, 0) is 10.6 Å². The van der Waals surface area contributed by atoms with Crippen LogP contribution in [0.15, 0.2) is 52.4 Å². The van der Waals surface area contributed by atoms with Crippen molar-refractivity contribution in [1.29, 1.82) is 0 Å². The van der Waals surface area contributed by atoms with Crippen LogP contribution in [0.3, 0.4) is 0 Å². The van der Waals surface area contributed by atoms with E-state index in [0.29, 0.717) is 0 Å². The summed E-state index contributed by atoms with van der Waals surface area (Å²) in [4.78, 5) is 4.47. The van der Waals surface area contributed by atoms with E-state index in [1.54, 1.807) is 11.8 Å². The summed E-state index contributed by atoms with van der Waals surface area (Å²) in [6.45, 7) is 0. The summed E-state index contributed by atoms with van der Waals surface area (Å²) in [7, 11) is 0. The van der Waals surface area contributed by atoms with Crippen molar-refractivity contribution in [2.45, 2.75) is 0 Å². The predicted molar refractivity (Wildman–Crippen MR) is 66.9 cm³/mol. The van der Waals surface area contributed by atoms with Gasteiger partial charge in [0.05, 0.1) is 11.2 Å². The van der Waals surface area contributed by atoms with Gasteiger partial charge in [0.1, 0.15) is 0 Å². The average Bonchev–Trinajstić information content (AvgIpc) is 2.48. The zero-order chi connectivity index (χ0) is 10.1. The van der Waals surface area contributed by atoms with E-state index in [1.165, 1.54) is 16.0 Å². The summed E-state index contributed by atoms with van der Waals surface area (Å²) in [6.07, 6.45) is 6.32. The van der Waals surface area contributed by atoms with Gasteiger partial charge in [0, 0.05) is 10.8 Å². The highest BCUT2D eigenvalue weighted by molar-refractivity contribution is 8.14. The van der Waals surface area contributed by atoms with Gasteiger partial charge in [0.25, 0.3) is 0 Å². The summed E-state index contributed by atoms with van der Waals surface area (Å²) in [5.74, 6) is 0. The van der Waals surface area contributed by atoms with Crippen LogP contribution in [0.2, 0.25) is 0 Å². The lowest BCUT2D eigenvalue weighted by Gasteiger charge is -2.06. The molecule has 0 saturated heterocycles. The molecule has 72 valence electrons. The second-order valence-corrected chi connectivity index (χ2v) is 4.12. The molecule has 1 nitrogen and oxygen atoms in total. The first-order chi connectivity index (χ1) is 7.45. The van der Waals surface area contributed by atoms with E-state index in [0.717, 1.165) is 5.70 Å². The van der Waals surface area contributed by atoms with Gasteiger partial charge < -0.3 is 0 Å². The zero-order valence-corrected chi connectivity index (χ0v) is 8.87. The van der Waals surface area contributed by atoms with Crippen LogP contribution < -0.4 is 10.4 Å². The maximum atomic E-state index is 4.47. The fourth-order valence-electron chi connectivity index (χ4n) is 1.77. The second-order valence-electron chi connectivity index (χ2n) is 3.41. The van der Waals surface area contributed by atoms with Gasteiger partial charge in [0.15, 0.2) is 0 Å². The van der Waals surface area contributed by atoms with Gasteiger partial charge in [-0.3, -0.25) is 0 Å². The van der Waals surface area contributed by atoms with E-state index in [4.69, 9.17) is 0 Å². The van der Waals surface area contributed by atoms with Crippen LogP contribution >= 0.6 is 11.8 Å². The number of fused-ring (bicyclic) bond motifs is 2. The lowest BCUT2D eigenvalue weighted by molar-refractivity contribution is 1.43. The monoisotopic (exact) mass is 211 g/mol. The molecule has 0 amide bonds. The van der Waals surface area contributed by atoms with E-state index in [-0.39, 0.29) is 0 Å². The van der Waals surface area contributed by atoms with Crippen LogP contribution in [-0.4, -0.2) is 5.55 Å². The SMILES string of the molecule is C1=CC2=CSC=NC2=c2ccccc2=C1. The number of thioether (sulfide) groups is 1. The second kappa shape index (κ2) is 3.55. The molecule has 0 unspecified atom stereocenters. The van der Waals surface area contributed by atoms with Crippen LogP contribution in [-0.2, 0) is 0 Å². The van der Waals surface area contributed by atoms with Crippen molar-refractivity contribution in [3.8, 4) is 0 Å². The fraction of sp³-hybridized carbons (Fsp3) is 0. The molecule has 0 spiro atoms. The first-order valence-electron chi connectivity index (χ1n) is 4.81. The maximum absolute atomic E-state index is 4.47. The molecule has 1 aliphatic carbocycles. The van der Waals surface area contributed by atoms with Crippen LogP contribution in [0, 0.1) is 0 Å². The minimum Gasteiger partial charge on any atom is -0.248 e. The van der Waals surface area contributed by atoms with Gasteiger partial charge in [-0.25, -0.2) is 4.99 Å². The molecular weight excluding hydrogens is 202 g/mol. The summed E-state index contributed by atoms with van der Waals surface area (Å²) < 4.78 is 0. The Morgan fingerprint density at radius 1 is 1.13 bits per heavy atom. The summed E-state index contributed by atoms with van der Waals surface area (Å²) in [6, 6.07) is 8.35. The molecule has 15 heavy (non-hydrogen) atoms. The molecule has 0 fully saturated rings. The Bertz CT molecular complexity index is 606. The predicted octanol–water partition coefficient (Wildman–Crippen LogP) is 1.80. The topological polar surface area (TPSA) is 12.4 Å². The Hall–Kier alpha value is -1.54. The first kappa shape index (κ1) is 8.74. The lowest BCUT2D eigenvalue weighted by atomic mass is 10.1. The Balaban J connectivity index is 2.47. The third-order valence-corrected chi connectivity index (χ3v) is 3.10. The molecule has 2 heteroatoms.